The van der Waals surface area contributed by atoms with Crippen LogP contribution in [0.15, 0.2) is 0 Å². The number of hydrogen-bond donors (Lipinski definition) is 0. The van der Waals surface area contributed by atoms with Gasteiger partial charge in [-0.25, -0.2) is 0 Å². The van der Waals surface area contributed by atoms with Gasteiger partial charge in [-0.05, 0) is 12.8 Å². The largest absolute Gasteiger partial charge is 0.465 e. The Morgan fingerprint density at radius 3 is 1.93 bits per heavy atom. The molecule has 2 unspecified atom stereocenters. The van der Waals surface area contributed by atoms with Crippen LogP contribution in [0, 0.1) is 17.8 Å². The van der Waals surface area contributed by atoms with E-state index < -0.39 is 0 Å². The van der Waals surface area contributed by atoms with E-state index in [9.17, 15) is 9.59 Å². The molecule has 0 spiro atoms. The van der Waals surface area contributed by atoms with Crippen LogP contribution in [0.2, 0.25) is 0 Å². The molecule has 0 radical (unpaired) electrons. The summed E-state index contributed by atoms with van der Waals surface area (Å²) >= 11 is 0. The molecule has 0 saturated heterocycles. The third-order valence-corrected chi connectivity index (χ3v) is 2.32. The average molecular weight is 200 g/mol. The highest BCUT2D eigenvalue weighted by Gasteiger charge is 2.24. The zero-order valence-electron chi connectivity index (χ0n) is 9.66. The van der Waals surface area contributed by atoms with Crippen LogP contribution < -0.4 is 0 Å². The molecule has 0 rings (SSSR count). The molecule has 0 heterocycles. The summed E-state index contributed by atoms with van der Waals surface area (Å²) < 4.78 is 5.05. The van der Waals surface area contributed by atoms with Gasteiger partial charge >= 0.3 is 5.97 Å². The van der Waals surface area contributed by atoms with Crippen molar-refractivity contribution < 1.29 is 14.3 Å². The molecule has 14 heavy (non-hydrogen) atoms. The number of ether oxygens (including phenoxy) is 1. The van der Waals surface area contributed by atoms with E-state index in [1.807, 2.05) is 13.8 Å². The predicted molar refractivity (Wildman–Crippen MR) is 54.8 cm³/mol. The minimum absolute atomic E-state index is 0.0268. The second kappa shape index (κ2) is 5.78. The molecule has 0 aliphatic heterocycles. The van der Waals surface area contributed by atoms with Gasteiger partial charge < -0.3 is 4.74 Å². The molecule has 0 aliphatic rings. The zero-order valence-corrected chi connectivity index (χ0v) is 9.66. The highest BCUT2D eigenvalue weighted by molar-refractivity contribution is 5.84. The highest BCUT2D eigenvalue weighted by atomic mass is 16.5. The summed E-state index contributed by atoms with van der Waals surface area (Å²) in [5, 5.41) is 0. The molecule has 0 saturated carbocycles. The SMILES string of the molecule is CC(=O)C(C)C(C)C(=O)OCC(C)C. The van der Waals surface area contributed by atoms with Gasteiger partial charge in [-0.15, -0.1) is 0 Å². The van der Waals surface area contributed by atoms with Crippen molar-refractivity contribution in [3.05, 3.63) is 0 Å². The first-order chi connectivity index (χ1) is 6.36. The Bertz CT molecular complexity index is 209. The van der Waals surface area contributed by atoms with Crippen molar-refractivity contribution in [2.75, 3.05) is 6.61 Å². The number of hydrogen-bond acceptors (Lipinski definition) is 3. The average Bonchev–Trinajstić information content (AvgIpc) is 2.11. The maximum atomic E-state index is 11.4. The van der Waals surface area contributed by atoms with E-state index in [0.717, 1.165) is 0 Å². The smallest absolute Gasteiger partial charge is 0.309 e. The van der Waals surface area contributed by atoms with Crippen LogP contribution in [0.1, 0.15) is 34.6 Å². The van der Waals surface area contributed by atoms with E-state index in [-0.39, 0.29) is 23.6 Å². The maximum absolute atomic E-state index is 11.4. The molecule has 0 fully saturated rings. The van der Waals surface area contributed by atoms with Crippen LogP contribution in [-0.2, 0) is 14.3 Å². The number of Topliss-reactive ketones (excluding diaryl/α,β-unsaturated/α-hetero) is 1. The molecule has 3 heteroatoms. The third kappa shape index (κ3) is 4.40. The number of rotatable bonds is 5. The van der Waals surface area contributed by atoms with Gasteiger partial charge in [0.2, 0.25) is 0 Å². The molecule has 82 valence electrons. The third-order valence-electron chi connectivity index (χ3n) is 2.32. The summed E-state index contributed by atoms with van der Waals surface area (Å²) in [5.74, 6) is -0.514. The minimum Gasteiger partial charge on any atom is -0.465 e. The molecule has 0 N–H and O–H groups in total. The van der Waals surface area contributed by atoms with Gasteiger partial charge in [-0.2, -0.15) is 0 Å². The molecule has 0 bridgehead atoms. The first kappa shape index (κ1) is 13.1. The molecule has 2 atom stereocenters. The fourth-order valence-corrected chi connectivity index (χ4v) is 0.936. The van der Waals surface area contributed by atoms with E-state index in [0.29, 0.717) is 12.5 Å². The zero-order chi connectivity index (χ0) is 11.3. The van der Waals surface area contributed by atoms with Crippen LogP contribution in [0.5, 0.6) is 0 Å². The van der Waals surface area contributed by atoms with Crippen molar-refractivity contribution in [2.45, 2.75) is 34.6 Å². The van der Waals surface area contributed by atoms with Gasteiger partial charge in [-0.1, -0.05) is 27.7 Å². The number of esters is 1. The molecule has 0 aliphatic carbocycles. The van der Waals surface area contributed by atoms with Gasteiger partial charge in [-0.3, -0.25) is 9.59 Å². The Morgan fingerprint density at radius 1 is 1.07 bits per heavy atom. The Hall–Kier alpha value is -0.860. The lowest BCUT2D eigenvalue weighted by Crippen LogP contribution is -2.26. The Morgan fingerprint density at radius 2 is 1.57 bits per heavy atom. The van der Waals surface area contributed by atoms with Crippen LogP contribution in [0.25, 0.3) is 0 Å². The molecular formula is C11H20O3. The minimum atomic E-state index is -0.341. The Kier molecular flexibility index (Phi) is 5.43. The molecule has 0 aromatic heterocycles. The summed E-state index contributed by atoms with van der Waals surface area (Å²) in [6, 6.07) is 0. The van der Waals surface area contributed by atoms with Crippen LogP contribution in [0.3, 0.4) is 0 Å². The predicted octanol–water partition coefficient (Wildman–Crippen LogP) is 2.05. The lowest BCUT2D eigenvalue weighted by atomic mass is 9.93. The summed E-state index contributed by atoms with van der Waals surface area (Å²) in [6.07, 6.45) is 0. The van der Waals surface area contributed by atoms with Gasteiger partial charge in [0, 0.05) is 5.92 Å². The number of carbonyl (C=O) groups is 2. The van der Waals surface area contributed by atoms with E-state index >= 15 is 0 Å². The van der Waals surface area contributed by atoms with Crippen molar-refractivity contribution in [2.24, 2.45) is 17.8 Å². The summed E-state index contributed by atoms with van der Waals surface area (Å²) in [6.45, 7) is 9.36. The second-order valence-electron chi connectivity index (χ2n) is 4.21. The molecule has 0 amide bonds. The Balaban J connectivity index is 4.05. The van der Waals surface area contributed by atoms with Crippen molar-refractivity contribution in [3.8, 4) is 0 Å². The maximum Gasteiger partial charge on any atom is 0.309 e. The number of ketones is 1. The second-order valence-corrected chi connectivity index (χ2v) is 4.21. The van der Waals surface area contributed by atoms with Crippen LogP contribution in [0.4, 0.5) is 0 Å². The summed E-state index contributed by atoms with van der Waals surface area (Å²) in [4.78, 5) is 22.4. The van der Waals surface area contributed by atoms with Gasteiger partial charge in [0.05, 0.1) is 12.5 Å². The van der Waals surface area contributed by atoms with E-state index in [4.69, 9.17) is 4.74 Å². The van der Waals surface area contributed by atoms with Crippen LogP contribution in [-0.4, -0.2) is 18.4 Å². The summed E-state index contributed by atoms with van der Waals surface area (Å²) in [7, 11) is 0. The van der Waals surface area contributed by atoms with Gasteiger partial charge in [0.25, 0.3) is 0 Å². The van der Waals surface area contributed by atoms with Crippen molar-refractivity contribution in [3.63, 3.8) is 0 Å². The normalized spacial score (nSPS) is 15.0. The lowest BCUT2D eigenvalue weighted by molar-refractivity contribution is -0.152. The van der Waals surface area contributed by atoms with Gasteiger partial charge in [0.15, 0.2) is 0 Å². The number of carbonyl (C=O) groups excluding carboxylic acids is 2. The molecular weight excluding hydrogens is 180 g/mol. The molecule has 0 aromatic rings. The van der Waals surface area contributed by atoms with Crippen LogP contribution >= 0.6 is 0 Å². The standard InChI is InChI=1S/C11H20O3/c1-7(2)6-14-11(13)9(4)8(3)10(5)12/h7-9H,6H2,1-5H3. The molecule has 3 nitrogen and oxygen atoms in total. The lowest BCUT2D eigenvalue weighted by Gasteiger charge is -2.16. The van der Waals surface area contributed by atoms with Crippen molar-refractivity contribution >= 4 is 11.8 Å². The summed E-state index contributed by atoms with van der Waals surface area (Å²) in [5.41, 5.74) is 0. The monoisotopic (exact) mass is 200 g/mol. The molecule has 0 aromatic carbocycles. The van der Waals surface area contributed by atoms with E-state index in [2.05, 4.69) is 0 Å². The highest BCUT2D eigenvalue weighted by Crippen LogP contribution is 2.14. The first-order valence-corrected chi connectivity index (χ1v) is 5.03. The van der Waals surface area contributed by atoms with Crippen molar-refractivity contribution in [1.82, 2.24) is 0 Å². The van der Waals surface area contributed by atoms with Crippen molar-refractivity contribution in [1.29, 1.82) is 0 Å². The first-order valence-electron chi connectivity index (χ1n) is 5.03. The Labute approximate surface area is 85.8 Å². The fourth-order valence-electron chi connectivity index (χ4n) is 0.936. The van der Waals surface area contributed by atoms with E-state index in [1.54, 1.807) is 13.8 Å². The topological polar surface area (TPSA) is 43.4 Å². The quantitative estimate of drug-likeness (QED) is 0.638. The van der Waals surface area contributed by atoms with E-state index in [1.165, 1.54) is 6.92 Å². The van der Waals surface area contributed by atoms with Gasteiger partial charge in [0.1, 0.15) is 5.78 Å². The fraction of sp³-hybridized carbons (Fsp3) is 0.818.